The van der Waals surface area contributed by atoms with Gasteiger partial charge in [-0.05, 0) is 67.1 Å². The molecule has 184 valence electrons. The summed E-state index contributed by atoms with van der Waals surface area (Å²) in [5, 5.41) is 2.29. The zero-order valence-electron chi connectivity index (χ0n) is 19.2. The number of fused-ring (bicyclic) bond motifs is 1. The molecule has 0 spiro atoms. The molecule has 5 nitrogen and oxygen atoms in total. The van der Waals surface area contributed by atoms with Crippen LogP contribution in [-0.2, 0) is 15.8 Å². The van der Waals surface area contributed by atoms with E-state index in [4.69, 9.17) is 0 Å². The van der Waals surface area contributed by atoms with E-state index in [2.05, 4.69) is 5.32 Å². The van der Waals surface area contributed by atoms with Crippen LogP contribution < -0.4 is 10.2 Å². The quantitative estimate of drug-likeness (QED) is 0.452. The molecule has 3 aromatic carbocycles. The van der Waals surface area contributed by atoms with Crippen LogP contribution in [0, 0.1) is 11.8 Å². The SMILES string of the molecule is O=C(Nc1ccccc1C(F)(F)F)c1ccc(N2C(=O)[C@@H]3CC[C@@H](c4ccccc4)C[C@H]3C2=O)cc1. The molecule has 1 aliphatic heterocycles. The van der Waals surface area contributed by atoms with Crippen LogP contribution in [0.3, 0.4) is 0 Å². The number of rotatable bonds is 4. The number of hydrogen-bond acceptors (Lipinski definition) is 3. The molecule has 0 bridgehead atoms. The fourth-order valence-corrected chi connectivity index (χ4v) is 5.26. The number of carbonyl (C=O) groups is 3. The molecule has 0 radical (unpaired) electrons. The number of hydrogen-bond donors (Lipinski definition) is 1. The average Bonchev–Trinajstić information content (AvgIpc) is 3.13. The van der Waals surface area contributed by atoms with Crippen molar-refractivity contribution in [2.24, 2.45) is 11.8 Å². The number of para-hydroxylation sites is 1. The lowest BCUT2D eigenvalue weighted by molar-refractivity contribution is -0.137. The first-order valence-electron chi connectivity index (χ1n) is 11.7. The van der Waals surface area contributed by atoms with Gasteiger partial charge in [-0.1, -0.05) is 42.5 Å². The minimum atomic E-state index is -4.61. The Hall–Kier alpha value is -3.94. The lowest BCUT2D eigenvalue weighted by atomic mass is 9.73. The third kappa shape index (κ3) is 4.39. The molecule has 5 rings (SSSR count). The van der Waals surface area contributed by atoms with E-state index in [1.807, 2.05) is 30.3 Å². The molecule has 1 aliphatic carbocycles. The van der Waals surface area contributed by atoms with Gasteiger partial charge in [0.05, 0.1) is 28.8 Å². The Morgan fingerprint density at radius 3 is 2.14 bits per heavy atom. The highest BCUT2D eigenvalue weighted by molar-refractivity contribution is 6.22. The number of benzene rings is 3. The maximum atomic E-state index is 13.2. The van der Waals surface area contributed by atoms with Crippen molar-refractivity contribution in [2.75, 3.05) is 10.2 Å². The lowest BCUT2D eigenvalue weighted by Crippen LogP contribution is -2.30. The van der Waals surface area contributed by atoms with E-state index in [1.54, 1.807) is 0 Å². The Labute approximate surface area is 205 Å². The van der Waals surface area contributed by atoms with Crippen molar-refractivity contribution < 1.29 is 27.6 Å². The monoisotopic (exact) mass is 492 g/mol. The Morgan fingerprint density at radius 1 is 0.806 bits per heavy atom. The molecule has 0 unspecified atom stereocenters. The van der Waals surface area contributed by atoms with Gasteiger partial charge in [-0.2, -0.15) is 13.2 Å². The van der Waals surface area contributed by atoms with Crippen LogP contribution in [0.15, 0.2) is 78.9 Å². The van der Waals surface area contributed by atoms with Gasteiger partial charge in [0, 0.05) is 5.56 Å². The molecular weight excluding hydrogens is 469 g/mol. The van der Waals surface area contributed by atoms with Gasteiger partial charge in [-0.3, -0.25) is 19.3 Å². The summed E-state index contributed by atoms with van der Waals surface area (Å²) in [7, 11) is 0. The number of alkyl halides is 3. The Balaban J connectivity index is 1.31. The van der Waals surface area contributed by atoms with E-state index >= 15 is 0 Å². The fourth-order valence-electron chi connectivity index (χ4n) is 5.26. The highest BCUT2D eigenvalue weighted by Crippen LogP contribution is 2.45. The van der Waals surface area contributed by atoms with E-state index < -0.39 is 23.6 Å². The van der Waals surface area contributed by atoms with E-state index in [9.17, 15) is 27.6 Å². The Kier molecular flexibility index (Phi) is 6.12. The second-order valence-corrected chi connectivity index (χ2v) is 9.19. The lowest BCUT2D eigenvalue weighted by Gasteiger charge is -2.28. The first-order chi connectivity index (χ1) is 17.2. The molecule has 0 aromatic heterocycles. The highest BCUT2D eigenvalue weighted by Gasteiger charge is 2.50. The number of anilines is 2. The third-order valence-electron chi connectivity index (χ3n) is 7.06. The van der Waals surface area contributed by atoms with Crippen LogP contribution in [0.25, 0.3) is 0 Å². The topological polar surface area (TPSA) is 66.5 Å². The molecule has 2 fully saturated rings. The van der Waals surface area contributed by atoms with Gasteiger partial charge in [-0.25, -0.2) is 0 Å². The van der Waals surface area contributed by atoms with Crippen LogP contribution in [0.4, 0.5) is 24.5 Å². The molecule has 36 heavy (non-hydrogen) atoms. The summed E-state index contributed by atoms with van der Waals surface area (Å²) in [5.41, 5.74) is 0.331. The van der Waals surface area contributed by atoms with Crippen LogP contribution >= 0.6 is 0 Å². The van der Waals surface area contributed by atoms with Crippen LogP contribution in [0.5, 0.6) is 0 Å². The summed E-state index contributed by atoms with van der Waals surface area (Å²) in [6.45, 7) is 0. The van der Waals surface area contributed by atoms with Crippen molar-refractivity contribution in [3.63, 3.8) is 0 Å². The smallest absolute Gasteiger partial charge is 0.321 e. The molecule has 8 heteroatoms. The standard InChI is InChI=1S/C28H23F3N2O3/c29-28(30,31)23-8-4-5-9-24(23)32-25(34)18-10-13-20(14-11-18)33-26(35)21-15-12-19(16-22(21)27(33)36)17-6-2-1-3-7-17/h1-11,13-14,19,21-22H,12,15-16H2,(H,32,34)/t19-,21-,22-/m1/s1. The summed E-state index contributed by atoms with van der Waals surface area (Å²) in [6.07, 6.45) is -2.55. The van der Waals surface area contributed by atoms with Gasteiger partial charge < -0.3 is 5.32 Å². The van der Waals surface area contributed by atoms with Crippen LogP contribution in [0.2, 0.25) is 0 Å². The number of carbonyl (C=O) groups excluding carboxylic acids is 3. The summed E-state index contributed by atoms with van der Waals surface area (Å²) < 4.78 is 39.7. The second kappa shape index (κ2) is 9.26. The van der Waals surface area contributed by atoms with E-state index in [0.717, 1.165) is 18.1 Å². The number of imide groups is 1. The first kappa shape index (κ1) is 23.8. The third-order valence-corrected chi connectivity index (χ3v) is 7.06. The molecule has 3 aromatic rings. The van der Waals surface area contributed by atoms with Gasteiger partial charge in [0.25, 0.3) is 5.91 Å². The van der Waals surface area contributed by atoms with Crippen molar-refractivity contribution in [3.05, 3.63) is 95.6 Å². The second-order valence-electron chi connectivity index (χ2n) is 9.19. The molecular formula is C28H23F3N2O3. The Bertz CT molecular complexity index is 1310. The van der Waals surface area contributed by atoms with Crippen LogP contribution in [-0.4, -0.2) is 17.7 Å². The zero-order chi connectivity index (χ0) is 25.4. The molecule has 1 heterocycles. The normalized spacial score (nSPS) is 21.9. The number of nitrogens with zero attached hydrogens (tertiary/aromatic N) is 1. The van der Waals surface area contributed by atoms with Gasteiger partial charge >= 0.3 is 6.18 Å². The van der Waals surface area contributed by atoms with Crippen molar-refractivity contribution in [2.45, 2.75) is 31.4 Å². The predicted molar refractivity (Wildman–Crippen MR) is 128 cm³/mol. The van der Waals surface area contributed by atoms with Gasteiger partial charge in [0.15, 0.2) is 0 Å². The largest absolute Gasteiger partial charge is 0.418 e. The number of nitrogens with one attached hydrogen (secondary N) is 1. The van der Waals surface area contributed by atoms with Crippen LogP contribution in [0.1, 0.15) is 46.7 Å². The Morgan fingerprint density at radius 2 is 1.44 bits per heavy atom. The summed E-state index contributed by atoms with van der Waals surface area (Å²) in [6, 6.07) is 20.4. The minimum absolute atomic E-state index is 0.108. The van der Waals surface area contributed by atoms with E-state index in [0.29, 0.717) is 18.5 Å². The fraction of sp³-hybridized carbons (Fsp3) is 0.250. The highest BCUT2D eigenvalue weighted by atomic mass is 19.4. The summed E-state index contributed by atoms with van der Waals surface area (Å²) >= 11 is 0. The number of amides is 3. The summed E-state index contributed by atoms with van der Waals surface area (Å²) in [5.74, 6) is -1.75. The van der Waals surface area contributed by atoms with Crippen molar-refractivity contribution in [1.29, 1.82) is 0 Å². The maximum Gasteiger partial charge on any atom is 0.418 e. The number of halogens is 3. The predicted octanol–water partition coefficient (Wildman–Crippen LogP) is 6.03. The summed E-state index contributed by atoms with van der Waals surface area (Å²) in [4.78, 5) is 40.1. The zero-order valence-corrected chi connectivity index (χ0v) is 19.2. The molecule has 2 aliphatic rings. The molecule has 1 saturated heterocycles. The van der Waals surface area contributed by atoms with Gasteiger partial charge in [0.1, 0.15) is 0 Å². The minimum Gasteiger partial charge on any atom is -0.321 e. The van der Waals surface area contributed by atoms with Crippen molar-refractivity contribution in [1.82, 2.24) is 0 Å². The molecule has 3 amide bonds. The van der Waals surface area contributed by atoms with Gasteiger partial charge in [0.2, 0.25) is 11.8 Å². The molecule has 1 saturated carbocycles. The van der Waals surface area contributed by atoms with Gasteiger partial charge in [-0.15, -0.1) is 0 Å². The van der Waals surface area contributed by atoms with Crippen molar-refractivity contribution >= 4 is 29.1 Å². The molecule has 1 N–H and O–H groups in total. The average molecular weight is 492 g/mol. The van der Waals surface area contributed by atoms with Crippen molar-refractivity contribution in [3.8, 4) is 0 Å². The van der Waals surface area contributed by atoms with E-state index in [1.165, 1.54) is 47.4 Å². The first-order valence-corrected chi connectivity index (χ1v) is 11.7. The molecule has 3 atom stereocenters. The van der Waals surface area contributed by atoms with E-state index in [-0.39, 0.29) is 34.9 Å². The maximum absolute atomic E-state index is 13.2.